The molecule has 1 aromatic heterocycles. The summed E-state index contributed by atoms with van der Waals surface area (Å²) in [6.45, 7) is -0.144. The molecule has 1 unspecified atom stereocenters. The van der Waals surface area contributed by atoms with Crippen LogP contribution in [0.5, 0.6) is 0 Å². The second-order valence-electron chi connectivity index (χ2n) is 4.37. The number of aryl methyl sites for hydroxylation is 1. The summed E-state index contributed by atoms with van der Waals surface area (Å²) in [5.74, 6) is -0.255. The summed E-state index contributed by atoms with van der Waals surface area (Å²) in [5.41, 5.74) is 1.71. The standard InChI is InChI=1S/C15H17N3O2/c1-18-13(9-10-16-18)7-8-15(20)17-14(11-19)12-5-3-2-4-6-12/h2-10,14,19H,11H2,1H3,(H,17,20). The van der Waals surface area contributed by atoms with Crippen molar-refractivity contribution in [2.75, 3.05) is 6.61 Å². The van der Waals surface area contributed by atoms with E-state index in [1.165, 1.54) is 6.08 Å². The molecule has 0 aliphatic rings. The van der Waals surface area contributed by atoms with Gasteiger partial charge in [-0.25, -0.2) is 0 Å². The maximum atomic E-state index is 11.9. The Kier molecular flexibility index (Phi) is 4.68. The van der Waals surface area contributed by atoms with Crippen molar-refractivity contribution in [3.05, 3.63) is 59.9 Å². The van der Waals surface area contributed by atoms with Gasteiger partial charge in [-0.05, 0) is 17.7 Å². The number of carbonyl (C=O) groups is 1. The second-order valence-corrected chi connectivity index (χ2v) is 4.37. The number of hydrogen-bond acceptors (Lipinski definition) is 3. The minimum Gasteiger partial charge on any atom is -0.394 e. The molecule has 0 aliphatic carbocycles. The number of nitrogens with one attached hydrogen (secondary N) is 1. The van der Waals surface area contributed by atoms with Gasteiger partial charge in [0.25, 0.3) is 0 Å². The van der Waals surface area contributed by atoms with E-state index < -0.39 is 6.04 Å². The molecule has 5 heteroatoms. The maximum absolute atomic E-state index is 11.9. The van der Waals surface area contributed by atoms with Crippen molar-refractivity contribution < 1.29 is 9.90 Å². The van der Waals surface area contributed by atoms with Crippen LogP contribution in [0, 0.1) is 0 Å². The van der Waals surface area contributed by atoms with Gasteiger partial charge in [0.15, 0.2) is 0 Å². The molecule has 104 valence electrons. The van der Waals surface area contributed by atoms with Crippen molar-refractivity contribution in [3.63, 3.8) is 0 Å². The summed E-state index contributed by atoms with van der Waals surface area (Å²) in [6, 6.07) is 10.8. The number of amides is 1. The average molecular weight is 271 g/mol. The zero-order valence-corrected chi connectivity index (χ0v) is 11.2. The summed E-state index contributed by atoms with van der Waals surface area (Å²) in [4.78, 5) is 11.9. The van der Waals surface area contributed by atoms with Crippen LogP contribution in [0.3, 0.4) is 0 Å². The number of aliphatic hydroxyl groups is 1. The first-order valence-electron chi connectivity index (χ1n) is 6.33. The van der Waals surface area contributed by atoms with Gasteiger partial charge in [0.2, 0.25) is 5.91 Å². The summed E-state index contributed by atoms with van der Waals surface area (Å²) in [6.07, 6.45) is 4.78. The van der Waals surface area contributed by atoms with E-state index in [1.807, 2.05) is 36.4 Å². The van der Waals surface area contributed by atoms with Gasteiger partial charge in [-0.15, -0.1) is 0 Å². The molecular formula is C15H17N3O2. The molecule has 2 aromatic rings. The fourth-order valence-corrected chi connectivity index (χ4v) is 1.85. The first kappa shape index (κ1) is 14.0. The summed E-state index contributed by atoms with van der Waals surface area (Å²) in [5, 5.41) is 16.1. The zero-order valence-electron chi connectivity index (χ0n) is 11.2. The van der Waals surface area contributed by atoms with Crippen LogP contribution >= 0.6 is 0 Å². The molecule has 1 aromatic carbocycles. The normalized spacial score (nSPS) is 12.5. The molecule has 2 N–H and O–H groups in total. The summed E-state index contributed by atoms with van der Waals surface area (Å²) in [7, 11) is 1.80. The number of aromatic nitrogens is 2. The number of nitrogens with zero attached hydrogens (tertiary/aromatic N) is 2. The monoisotopic (exact) mass is 271 g/mol. The molecule has 5 nitrogen and oxygen atoms in total. The maximum Gasteiger partial charge on any atom is 0.244 e. The highest BCUT2D eigenvalue weighted by Crippen LogP contribution is 2.11. The Labute approximate surface area is 117 Å². The van der Waals surface area contributed by atoms with E-state index in [9.17, 15) is 9.90 Å². The lowest BCUT2D eigenvalue weighted by molar-refractivity contribution is -0.117. The Hall–Kier alpha value is -2.40. The molecule has 0 saturated heterocycles. The van der Waals surface area contributed by atoms with E-state index in [0.717, 1.165) is 11.3 Å². The molecule has 0 saturated carbocycles. The van der Waals surface area contributed by atoms with Crippen LogP contribution in [0.1, 0.15) is 17.3 Å². The molecule has 0 fully saturated rings. The van der Waals surface area contributed by atoms with Crippen molar-refractivity contribution in [2.45, 2.75) is 6.04 Å². The number of rotatable bonds is 5. The van der Waals surface area contributed by atoms with E-state index in [0.29, 0.717) is 0 Å². The Morgan fingerprint density at radius 3 is 2.75 bits per heavy atom. The largest absolute Gasteiger partial charge is 0.394 e. The van der Waals surface area contributed by atoms with Crippen LogP contribution in [-0.2, 0) is 11.8 Å². The molecule has 20 heavy (non-hydrogen) atoms. The highest BCUT2D eigenvalue weighted by Gasteiger charge is 2.11. The number of aliphatic hydroxyl groups excluding tert-OH is 1. The van der Waals surface area contributed by atoms with Crippen molar-refractivity contribution in [3.8, 4) is 0 Å². The van der Waals surface area contributed by atoms with Gasteiger partial charge in [0.05, 0.1) is 18.3 Å². The smallest absolute Gasteiger partial charge is 0.244 e. The van der Waals surface area contributed by atoms with Gasteiger partial charge in [0, 0.05) is 19.3 Å². The summed E-state index contributed by atoms with van der Waals surface area (Å²) >= 11 is 0. The fraction of sp³-hybridized carbons (Fsp3) is 0.200. The predicted octanol–water partition coefficient (Wildman–Crippen LogP) is 1.28. The van der Waals surface area contributed by atoms with Crippen LogP contribution in [-0.4, -0.2) is 27.4 Å². The lowest BCUT2D eigenvalue weighted by Crippen LogP contribution is -2.29. The molecule has 0 radical (unpaired) electrons. The van der Waals surface area contributed by atoms with Crippen LogP contribution in [0.15, 0.2) is 48.7 Å². The molecular weight excluding hydrogens is 254 g/mol. The van der Waals surface area contributed by atoms with E-state index in [2.05, 4.69) is 10.4 Å². The van der Waals surface area contributed by atoms with Crippen molar-refractivity contribution >= 4 is 12.0 Å². The van der Waals surface area contributed by atoms with Crippen LogP contribution in [0.25, 0.3) is 6.08 Å². The minimum absolute atomic E-state index is 0.144. The van der Waals surface area contributed by atoms with E-state index in [-0.39, 0.29) is 12.5 Å². The van der Waals surface area contributed by atoms with Crippen molar-refractivity contribution in [1.29, 1.82) is 0 Å². The Bertz CT molecular complexity index is 590. The molecule has 0 aliphatic heterocycles. The van der Waals surface area contributed by atoms with Gasteiger partial charge in [-0.1, -0.05) is 30.3 Å². The first-order chi connectivity index (χ1) is 9.70. The highest BCUT2D eigenvalue weighted by atomic mass is 16.3. The van der Waals surface area contributed by atoms with Gasteiger partial charge < -0.3 is 10.4 Å². The minimum atomic E-state index is -0.403. The predicted molar refractivity (Wildman–Crippen MR) is 76.7 cm³/mol. The topological polar surface area (TPSA) is 67.2 Å². The SMILES string of the molecule is Cn1nccc1C=CC(=O)NC(CO)c1ccccc1. The number of carbonyl (C=O) groups excluding carboxylic acids is 1. The van der Waals surface area contributed by atoms with Crippen molar-refractivity contribution in [2.24, 2.45) is 7.05 Å². The molecule has 1 atom stereocenters. The van der Waals surface area contributed by atoms with Crippen LogP contribution < -0.4 is 5.32 Å². The van der Waals surface area contributed by atoms with Gasteiger partial charge >= 0.3 is 0 Å². The Morgan fingerprint density at radius 1 is 1.40 bits per heavy atom. The van der Waals surface area contributed by atoms with Crippen molar-refractivity contribution in [1.82, 2.24) is 15.1 Å². The van der Waals surface area contributed by atoms with E-state index in [1.54, 1.807) is 24.0 Å². The third kappa shape index (κ3) is 3.55. The van der Waals surface area contributed by atoms with Crippen LogP contribution in [0.4, 0.5) is 0 Å². The molecule has 2 rings (SSSR count). The fourth-order valence-electron chi connectivity index (χ4n) is 1.85. The Balaban J connectivity index is 2.00. The molecule has 1 amide bonds. The Morgan fingerprint density at radius 2 is 2.15 bits per heavy atom. The van der Waals surface area contributed by atoms with E-state index in [4.69, 9.17) is 0 Å². The molecule has 0 spiro atoms. The first-order valence-corrected chi connectivity index (χ1v) is 6.33. The summed E-state index contributed by atoms with van der Waals surface area (Å²) < 4.78 is 1.67. The second kappa shape index (κ2) is 6.68. The molecule has 0 bridgehead atoms. The highest BCUT2D eigenvalue weighted by molar-refractivity contribution is 5.91. The third-order valence-electron chi connectivity index (χ3n) is 2.97. The lowest BCUT2D eigenvalue weighted by atomic mass is 10.1. The van der Waals surface area contributed by atoms with E-state index >= 15 is 0 Å². The quantitative estimate of drug-likeness (QED) is 0.805. The van der Waals surface area contributed by atoms with Gasteiger partial charge in [-0.2, -0.15) is 5.10 Å². The van der Waals surface area contributed by atoms with Gasteiger partial charge in [0.1, 0.15) is 0 Å². The third-order valence-corrected chi connectivity index (χ3v) is 2.97. The van der Waals surface area contributed by atoms with Gasteiger partial charge in [-0.3, -0.25) is 9.48 Å². The number of benzene rings is 1. The number of hydrogen-bond donors (Lipinski definition) is 2. The molecule has 1 heterocycles. The van der Waals surface area contributed by atoms with Crippen LogP contribution in [0.2, 0.25) is 0 Å². The lowest BCUT2D eigenvalue weighted by Gasteiger charge is -2.15. The average Bonchev–Trinajstić information content (AvgIpc) is 2.89. The zero-order chi connectivity index (χ0) is 14.4.